The van der Waals surface area contributed by atoms with Crippen LogP contribution >= 0.6 is 0 Å². The molecule has 3 saturated heterocycles. The number of halogens is 2. The maximum absolute atomic E-state index is 14.2. The summed E-state index contributed by atoms with van der Waals surface area (Å²) in [6.45, 7) is 7.83. The molecule has 1 saturated carbocycles. The third-order valence-electron chi connectivity index (χ3n) is 13.6. The molecule has 4 fully saturated rings. The Kier molecular flexibility index (Phi) is 16.6. The van der Waals surface area contributed by atoms with Gasteiger partial charge < -0.3 is 54.0 Å². The highest BCUT2D eigenvalue weighted by atomic mass is 19.3. The minimum absolute atomic E-state index is 0.0198. The van der Waals surface area contributed by atoms with E-state index in [9.17, 15) is 28.0 Å². The van der Waals surface area contributed by atoms with Crippen molar-refractivity contribution in [1.82, 2.24) is 39.2 Å². The number of hydrogen-bond acceptors (Lipinski definition) is 16. The molecule has 0 radical (unpaired) electrons. The maximum Gasteiger partial charge on any atom is 0.326 e. The Labute approximate surface area is 414 Å². The first-order valence-electron chi connectivity index (χ1n) is 24.9. The predicted octanol–water partition coefficient (Wildman–Crippen LogP) is 4.50. The smallest absolute Gasteiger partial charge is 0.326 e. The first-order valence-corrected chi connectivity index (χ1v) is 24.9. The number of anilines is 4. The topological polar surface area (TPSA) is 223 Å². The fourth-order valence-corrected chi connectivity index (χ4v) is 9.91. The lowest BCUT2D eigenvalue weighted by atomic mass is 9.86. The number of aromatic nitrogens is 7. The van der Waals surface area contributed by atoms with Crippen molar-refractivity contribution in [2.75, 3.05) is 99.4 Å². The number of alkyl halides is 2. The number of amides is 2. The summed E-state index contributed by atoms with van der Waals surface area (Å²) >= 11 is 0. The van der Waals surface area contributed by atoms with Gasteiger partial charge in [0.15, 0.2) is 11.3 Å². The van der Waals surface area contributed by atoms with Gasteiger partial charge in [-0.15, -0.1) is 0 Å². The summed E-state index contributed by atoms with van der Waals surface area (Å²) in [7, 11) is 0. The van der Waals surface area contributed by atoms with Crippen LogP contribution in [0.15, 0.2) is 66.2 Å². The average Bonchev–Trinajstić information content (AvgIpc) is 4.22. The Morgan fingerprint density at radius 2 is 1.76 bits per heavy atom. The van der Waals surface area contributed by atoms with E-state index in [1.165, 1.54) is 39.8 Å². The van der Waals surface area contributed by atoms with Gasteiger partial charge in [0.1, 0.15) is 30.3 Å². The number of fused-ring (bicyclic) bond motifs is 3. The van der Waals surface area contributed by atoms with Gasteiger partial charge in [0.2, 0.25) is 5.91 Å². The summed E-state index contributed by atoms with van der Waals surface area (Å²) in [6, 6.07) is 6.77. The zero-order valence-electron chi connectivity index (χ0n) is 40.3. The Morgan fingerprint density at radius 1 is 0.931 bits per heavy atom. The SMILES string of the molecule is CCOC(=O)Cn1cc(NC(=O)[C@H]2CCCN(c3cncc(OCCOCCOCCNCC4CCC(n5cc(NC(=O)c6cnn7ccc(N8C[C@H]9C[C@@H]8CO9)nc67)c(C(F)F)n5)CC4)c3)C2)ccc1=O. The number of rotatable bonds is 23. The van der Waals surface area contributed by atoms with Crippen molar-refractivity contribution in [3.05, 3.63) is 83.1 Å². The van der Waals surface area contributed by atoms with Crippen molar-refractivity contribution in [1.29, 1.82) is 0 Å². The van der Waals surface area contributed by atoms with Gasteiger partial charge >= 0.3 is 5.97 Å². The van der Waals surface area contributed by atoms with E-state index < -0.39 is 24.0 Å². The number of nitrogens with one attached hydrogen (secondary N) is 3. The average molecular weight is 1000 g/mol. The number of carbonyl (C=O) groups is 3. The molecule has 3 aliphatic heterocycles. The molecule has 72 heavy (non-hydrogen) atoms. The third kappa shape index (κ3) is 12.5. The number of pyridine rings is 2. The Balaban J connectivity index is 0.630. The van der Waals surface area contributed by atoms with E-state index in [-0.39, 0.29) is 60.0 Å². The summed E-state index contributed by atoms with van der Waals surface area (Å²) in [5.74, 6) is 0.163. The van der Waals surface area contributed by atoms with Crippen LogP contribution in [0.25, 0.3) is 5.65 Å². The minimum Gasteiger partial charge on any atom is -0.489 e. The molecular formula is C49H62F2N12O9. The third-order valence-corrected chi connectivity index (χ3v) is 13.6. The highest BCUT2D eigenvalue weighted by Gasteiger charge is 2.40. The molecule has 386 valence electrons. The molecule has 3 N–H and O–H groups in total. The number of ether oxygens (including phenoxy) is 5. The fourth-order valence-electron chi connectivity index (χ4n) is 9.91. The number of nitrogens with zero attached hydrogens (tertiary/aromatic N) is 9. The normalized spacial score (nSPS) is 20.9. The van der Waals surface area contributed by atoms with Crippen LogP contribution in [0.1, 0.15) is 80.4 Å². The van der Waals surface area contributed by atoms with Crippen molar-refractivity contribution in [3.63, 3.8) is 0 Å². The van der Waals surface area contributed by atoms with Gasteiger partial charge in [-0.3, -0.25) is 28.8 Å². The lowest BCUT2D eigenvalue weighted by Crippen LogP contribution is -2.41. The van der Waals surface area contributed by atoms with Crippen LogP contribution in [0.4, 0.5) is 31.7 Å². The molecule has 0 spiro atoms. The van der Waals surface area contributed by atoms with Crippen LogP contribution in [0, 0.1) is 11.8 Å². The predicted molar refractivity (Wildman–Crippen MR) is 260 cm³/mol. The van der Waals surface area contributed by atoms with Crippen LogP contribution in [-0.4, -0.2) is 143 Å². The molecule has 2 bridgehead atoms. The molecule has 4 aliphatic rings. The summed E-state index contributed by atoms with van der Waals surface area (Å²) in [5.41, 5.74) is 0.948. The molecule has 8 heterocycles. The van der Waals surface area contributed by atoms with E-state index in [2.05, 4.69) is 40.9 Å². The van der Waals surface area contributed by atoms with E-state index in [0.717, 1.165) is 69.7 Å². The van der Waals surface area contributed by atoms with Gasteiger partial charge in [0, 0.05) is 56.9 Å². The van der Waals surface area contributed by atoms with Crippen LogP contribution < -0.4 is 36.0 Å². The van der Waals surface area contributed by atoms with Crippen molar-refractivity contribution in [3.8, 4) is 5.75 Å². The second-order valence-electron chi connectivity index (χ2n) is 18.6. The number of carbonyl (C=O) groups excluding carboxylic acids is 3. The lowest BCUT2D eigenvalue weighted by molar-refractivity contribution is -0.143. The first kappa shape index (κ1) is 50.4. The molecule has 1 aliphatic carbocycles. The number of piperidine rings is 1. The molecular weight excluding hydrogens is 939 g/mol. The van der Waals surface area contributed by atoms with E-state index in [0.29, 0.717) is 82.2 Å². The van der Waals surface area contributed by atoms with Crippen LogP contribution in [0.3, 0.4) is 0 Å². The molecule has 5 aromatic heterocycles. The minimum atomic E-state index is -2.87. The molecule has 3 atom stereocenters. The van der Waals surface area contributed by atoms with E-state index in [4.69, 9.17) is 28.7 Å². The van der Waals surface area contributed by atoms with Crippen molar-refractivity contribution >= 4 is 46.3 Å². The largest absolute Gasteiger partial charge is 0.489 e. The molecule has 5 aromatic rings. The molecule has 21 nitrogen and oxygen atoms in total. The van der Waals surface area contributed by atoms with E-state index in [1.54, 1.807) is 30.2 Å². The second-order valence-corrected chi connectivity index (χ2v) is 18.6. The Morgan fingerprint density at radius 3 is 2.56 bits per heavy atom. The zero-order valence-corrected chi connectivity index (χ0v) is 40.3. The van der Waals surface area contributed by atoms with Crippen LogP contribution in [0.2, 0.25) is 0 Å². The van der Waals surface area contributed by atoms with Gasteiger partial charge in [-0.1, -0.05) is 0 Å². The fraction of sp³-hybridized carbons (Fsp3) is 0.551. The standard InChI is InChI=1S/C49H62F2N12O9/c1-2-70-44(65)30-60-27-34(7-10-43(60)64)55-48(66)33-4-3-13-59(26-33)36-20-38(24-53-23-36)71-19-18-69-17-16-68-15-12-52-22-32-5-8-35(9-6-32)63-29-41(45(58-63)46(50)51)56-49(67)40-25-54-62-14-11-42(57-47(40)62)61-28-39-21-37(61)31-72-39/h7,10-11,14,20,23-25,27,29,32-33,35,37,39,46,52H,2-6,8-9,12-13,15-19,21-22,26,28,30-31H2,1H3,(H,55,66)(H,56,67)/t32?,33-,35?,37+,39+/m0/s1. The maximum atomic E-state index is 14.2. The first-order chi connectivity index (χ1) is 35.1. The summed E-state index contributed by atoms with van der Waals surface area (Å²) in [4.78, 5) is 64.3. The molecule has 0 unspecified atom stereocenters. The summed E-state index contributed by atoms with van der Waals surface area (Å²) in [6.07, 6.45) is 12.6. The Hall–Kier alpha value is -6.56. The van der Waals surface area contributed by atoms with E-state index in [1.807, 2.05) is 12.1 Å². The van der Waals surface area contributed by atoms with Crippen molar-refractivity contribution in [2.24, 2.45) is 11.8 Å². The molecule has 9 rings (SSSR count). The molecule has 2 amide bonds. The lowest BCUT2D eigenvalue weighted by Gasteiger charge is -2.33. The van der Waals surface area contributed by atoms with Gasteiger partial charge in [-0.2, -0.15) is 10.2 Å². The summed E-state index contributed by atoms with van der Waals surface area (Å²) in [5, 5.41) is 17.6. The van der Waals surface area contributed by atoms with Gasteiger partial charge in [0.05, 0.1) is 99.4 Å². The highest BCUT2D eigenvalue weighted by molar-refractivity contribution is 6.08. The molecule has 0 aromatic carbocycles. The number of hydrogen-bond donors (Lipinski definition) is 3. The van der Waals surface area contributed by atoms with Crippen molar-refractivity contribution < 1.29 is 46.8 Å². The van der Waals surface area contributed by atoms with Gasteiger partial charge in [-0.05, 0) is 76.5 Å². The Bertz CT molecular complexity index is 2710. The number of esters is 1. The van der Waals surface area contributed by atoms with Crippen LogP contribution in [-0.2, 0) is 35.1 Å². The monoisotopic (exact) mass is 1000 g/mol. The molecule has 23 heteroatoms. The van der Waals surface area contributed by atoms with Gasteiger partial charge in [0.25, 0.3) is 17.9 Å². The summed E-state index contributed by atoms with van der Waals surface area (Å²) < 4.78 is 60.8. The number of morpholine rings is 1. The van der Waals surface area contributed by atoms with E-state index >= 15 is 0 Å². The quantitative estimate of drug-likeness (QED) is 0.0606. The van der Waals surface area contributed by atoms with Crippen molar-refractivity contribution in [2.45, 2.75) is 83.0 Å². The van der Waals surface area contributed by atoms with Gasteiger partial charge in [-0.25, -0.2) is 18.3 Å². The second kappa shape index (κ2) is 23.8. The highest BCUT2D eigenvalue weighted by Crippen LogP contribution is 2.36. The zero-order chi connectivity index (χ0) is 50.0. The van der Waals surface area contributed by atoms with Crippen LogP contribution in [0.5, 0.6) is 5.75 Å².